The van der Waals surface area contributed by atoms with E-state index in [1.807, 2.05) is 12.4 Å². The van der Waals surface area contributed by atoms with Gasteiger partial charge in [0.2, 0.25) is 0 Å². The van der Waals surface area contributed by atoms with Crippen LogP contribution in [0, 0.1) is 0 Å². The Morgan fingerprint density at radius 3 is 3.00 bits per heavy atom. The predicted octanol–water partition coefficient (Wildman–Crippen LogP) is 2.30. The van der Waals surface area contributed by atoms with Gasteiger partial charge in [-0.3, -0.25) is 4.99 Å². The van der Waals surface area contributed by atoms with Crippen LogP contribution < -0.4 is 0 Å². The van der Waals surface area contributed by atoms with E-state index in [2.05, 4.69) is 23.7 Å². The molecule has 0 saturated heterocycles. The number of fused-ring (bicyclic) bond motifs is 1. The van der Waals surface area contributed by atoms with E-state index in [0.717, 1.165) is 13.0 Å². The number of allylic oxidation sites excluding steroid dienone is 3. The molecule has 2 aliphatic rings. The molecule has 0 radical (unpaired) electrons. The van der Waals surface area contributed by atoms with E-state index in [4.69, 9.17) is 0 Å². The third-order valence-corrected chi connectivity index (χ3v) is 2.72. The molecule has 0 aromatic rings. The monoisotopic (exact) mass is 162 g/mol. The van der Waals surface area contributed by atoms with Crippen LogP contribution in [0.25, 0.3) is 0 Å². The second kappa shape index (κ2) is 2.77. The van der Waals surface area contributed by atoms with E-state index in [0.29, 0.717) is 0 Å². The van der Waals surface area contributed by atoms with Gasteiger partial charge in [0.15, 0.2) is 0 Å². The normalized spacial score (nSPS) is 22.5. The molecule has 0 aromatic heterocycles. The standard InChI is InChI=1S/C10H14N2/c1-8-3-4-10-7-11-5-6-12(10)9(8)2/h5,7H,3-4,6H2,1-2H3. The summed E-state index contributed by atoms with van der Waals surface area (Å²) in [4.78, 5) is 6.52. The first-order valence-electron chi connectivity index (χ1n) is 4.43. The highest BCUT2D eigenvalue weighted by molar-refractivity contribution is 5.63. The van der Waals surface area contributed by atoms with E-state index in [-0.39, 0.29) is 0 Å². The topological polar surface area (TPSA) is 15.6 Å². The molecule has 0 aliphatic carbocycles. The lowest BCUT2D eigenvalue weighted by atomic mass is 10.0. The summed E-state index contributed by atoms with van der Waals surface area (Å²) in [5, 5.41) is 0. The molecule has 2 heteroatoms. The molecule has 0 fully saturated rings. The average molecular weight is 162 g/mol. The summed E-state index contributed by atoms with van der Waals surface area (Å²) in [7, 11) is 0. The zero-order valence-electron chi connectivity index (χ0n) is 7.67. The maximum Gasteiger partial charge on any atom is 0.0578 e. The van der Waals surface area contributed by atoms with Crippen molar-refractivity contribution < 1.29 is 0 Å². The first-order valence-corrected chi connectivity index (χ1v) is 4.43. The van der Waals surface area contributed by atoms with E-state index in [1.54, 1.807) is 0 Å². The summed E-state index contributed by atoms with van der Waals surface area (Å²) in [5.74, 6) is 0. The average Bonchev–Trinajstić information content (AvgIpc) is 2.12. The van der Waals surface area contributed by atoms with Crippen LogP contribution in [0.4, 0.5) is 0 Å². The van der Waals surface area contributed by atoms with E-state index in [1.165, 1.54) is 23.4 Å². The lowest BCUT2D eigenvalue weighted by Gasteiger charge is -2.33. The molecule has 0 atom stereocenters. The lowest BCUT2D eigenvalue weighted by Crippen LogP contribution is -2.28. The molecule has 0 N–H and O–H groups in total. The van der Waals surface area contributed by atoms with Gasteiger partial charge in [-0.2, -0.15) is 0 Å². The maximum atomic E-state index is 4.17. The van der Waals surface area contributed by atoms with Gasteiger partial charge in [0, 0.05) is 23.8 Å². The Morgan fingerprint density at radius 1 is 1.33 bits per heavy atom. The minimum atomic E-state index is 0.953. The zero-order chi connectivity index (χ0) is 8.55. The Hall–Kier alpha value is -1.05. The molecular weight excluding hydrogens is 148 g/mol. The Bertz CT molecular complexity index is 284. The maximum absolute atomic E-state index is 4.17. The number of hydrogen-bond donors (Lipinski definition) is 0. The molecule has 2 nitrogen and oxygen atoms in total. The summed E-state index contributed by atoms with van der Waals surface area (Å²) in [6.07, 6.45) is 6.30. The number of hydrogen-bond acceptors (Lipinski definition) is 2. The zero-order valence-corrected chi connectivity index (χ0v) is 7.67. The van der Waals surface area contributed by atoms with Gasteiger partial charge in [0.25, 0.3) is 0 Å². The smallest absolute Gasteiger partial charge is 0.0578 e. The fraction of sp³-hybridized carbons (Fsp3) is 0.500. The second-order valence-electron chi connectivity index (χ2n) is 3.43. The first-order chi connectivity index (χ1) is 5.79. The highest BCUT2D eigenvalue weighted by Gasteiger charge is 2.19. The second-order valence-corrected chi connectivity index (χ2v) is 3.43. The van der Waals surface area contributed by atoms with Crippen LogP contribution in [-0.4, -0.2) is 17.7 Å². The van der Waals surface area contributed by atoms with Crippen molar-refractivity contribution in [2.75, 3.05) is 6.54 Å². The summed E-state index contributed by atoms with van der Waals surface area (Å²) >= 11 is 0. The van der Waals surface area contributed by atoms with Crippen LogP contribution >= 0.6 is 0 Å². The Balaban J connectivity index is 2.34. The Kier molecular flexibility index (Phi) is 1.75. The molecule has 0 bridgehead atoms. The fourth-order valence-corrected chi connectivity index (χ4v) is 1.73. The van der Waals surface area contributed by atoms with Gasteiger partial charge >= 0.3 is 0 Å². The summed E-state index contributed by atoms with van der Waals surface area (Å²) in [6, 6.07) is 0. The molecule has 2 rings (SSSR count). The Labute approximate surface area is 73.3 Å². The summed E-state index contributed by atoms with van der Waals surface area (Å²) in [6.45, 7) is 5.37. The van der Waals surface area contributed by atoms with Gasteiger partial charge in [-0.15, -0.1) is 0 Å². The van der Waals surface area contributed by atoms with Crippen molar-refractivity contribution in [3.8, 4) is 0 Å². The molecule has 64 valence electrons. The number of rotatable bonds is 0. The largest absolute Gasteiger partial charge is 0.342 e. The molecule has 0 saturated carbocycles. The van der Waals surface area contributed by atoms with Crippen LogP contribution in [-0.2, 0) is 0 Å². The van der Waals surface area contributed by atoms with E-state index in [9.17, 15) is 0 Å². The van der Waals surface area contributed by atoms with Gasteiger partial charge < -0.3 is 4.90 Å². The van der Waals surface area contributed by atoms with Gasteiger partial charge in [0.05, 0.1) is 6.54 Å². The van der Waals surface area contributed by atoms with Crippen molar-refractivity contribution in [1.29, 1.82) is 0 Å². The number of nitrogens with zero attached hydrogens (tertiary/aromatic N) is 2. The molecule has 2 heterocycles. The predicted molar refractivity (Wildman–Crippen MR) is 50.9 cm³/mol. The van der Waals surface area contributed by atoms with Crippen LogP contribution in [0.2, 0.25) is 0 Å². The van der Waals surface area contributed by atoms with Crippen molar-refractivity contribution in [2.45, 2.75) is 26.7 Å². The highest BCUT2D eigenvalue weighted by Crippen LogP contribution is 2.29. The van der Waals surface area contributed by atoms with Crippen molar-refractivity contribution in [2.24, 2.45) is 4.99 Å². The highest BCUT2D eigenvalue weighted by atomic mass is 15.2. The van der Waals surface area contributed by atoms with E-state index >= 15 is 0 Å². The third-order valence-electron chi connectivity index (χ3n) is 2.72. The molecule has 0 unspecified atom stereocenters. The molecule has 2 aliphatic heterocycles. The number of aliphatic imine (C=N–C) groups is 1. The van der Waals surface area contributed by atoms with Gasteiger partial charge in [-0.25, -0.2) is 0 Å². The first kappa shape index (κ1) is 7.59. The van der Waals surface area contributed by atoms with Gasteiger partial charge in [-0.1, -0.05) is 5.57 Å². The molecule has 0 aromatic carbocycles. The van der Waals surface area contributed by atoms with Gasteiger partial charge in [-0.05, 0) is 26.7 Å². The van der Waals surface area contributed by atoms with Crippen LogP contribution in [0.3, 0.4) is 0 Å². The summed E-state index contributed by atoms with van der Waals surface area (Å²) in [5.41, 5.74) is 4.31. The summed E-state index contributed by atoms with van der Waals surface area (Å²) < 4.78 is 0. The molecule has 0 amide bonds. The van der Waals surface area contributed by atoms with Crippen LogP contribution in [0.5, 0.6) is 0 Å². The minimum absolute atomic E-state index is 0.953. The molecule has 0 spiro atoms. The van der Waals surface area contributed by atoms with Crippen molar-refractivity contribution in [1.82, 2.24) is 4.90 Å². The minimum Gasteiger partial charge on any atom is -0.342 e. The molecule has 12 heavy (non-hydrogen) atoms. The van der Waals surface area contributed by atoms with E-state index < -0.39 is 0 Å². The van der Waals surface area contributed by atoms with Crippen molar-refractivity contribution in [3.63, 3.8) is 0 Å². The SMILES string of the molecule is CC1=C(C)N2CC=NC=C2CC1. The van der Waals surface area contributed by atoms with Crippen molar-refractivity contribution in [3.05, 3.63) is 23.2 Å². The molecular formula is C10H14N2. The Morgan fingerprint density at radius 2 is 2.17 bits per heavy atom. The van der Waals surface area contributed by atoms with Gasteiger partial charge in [0.1, 0.15) is 0 Å². The van der Waals surface area contributed by atoms with Crippen LogP contribution in [0.1, 0.15) is 26.7 Å². The van der Waals surface area contributed by atoms with Crippen molar-refractivity contribution >= 4 is 6.21 Å². The van der Waals surface area contributed by atoms with Crippen LogP contribution in [0.15, 0.2) is 28.2 Å². The fourth-order valence-electron chi connectivity index (χ4n) is 1.73. The lowest BCUT2D eigenvalue weighted by molar-refractivity contribution is 0.430. The third kappa shape index (κ3) is 1.07. The quantitative estimate of drug-likeness (QED) is 0.533.